The Bertz CT molecular complexity index is 1440. The number of hydrogen-bond donors (Lipinski definition) is 0. The zero-order valence-electron chi connectivity index (χ0n) is 17.9. The van der Waals surface area contributed by atoms with Gasteiger partial charge in [0.2, 0.25) is 0 Å². The molecule has 0 amide bonds. The molecule has 0 radical (unpaired) electrons. The lowest BCUT2D eigenvalue weighted by atomic mass is 10.1. The van der Waals surface area contributed by atoms with Crippen LogP contribution in [0.3, 0.4) is 0 Å². The summed E-state index contributed by atoms with van der Waals surface area (Å²) >= 11 is 0. The molecular formula is C21H17N7O6. The molecule has 0 N–H and O–H groups in total. The Hall–Kier alpha value is -4.57. The second kappa shape index (κ2) is 8.41. The lowest BCUT2D eigenvalue weighted by Crippen LogP contribution is -2.38. The molecular weight excluding hydrogens is 446 g/mol. The molecule has 4 heterocycles. The topological polar surface area (TPSA) is 145 Å². The molecule has 1 aromatic carbocycles. The minimum atomic E-state index is -1.04. The van der Waals surface area contributed by atoms with Crippen LogP contribution in [-0.4, -0.2) is 64.9 Å². The van der Waals surface area contributed by atoms with Gasteiger partial charge in [-0.2, -0.15) is 4.98 Å². The molecule has 5 rings (SSSR count). The van der Waals surface area contributed by atoms with E-state index in [9.17, 15) is 9.59 Å². The van der Waals surface area contributed by atoms with Crippen molar-refractivity contribution in [2.24, 2.45) is 0 Å². The summed E-state index contributed by atoms with van der Waals surface area (Å²) in [5, 5.41) is 8.02. The summed E-state index contributed by atoms with van der Waals surface area (Å²) in [6.07, 6.45) is 4.25. The fourth-order valence-corrected chi connectivity index (χ4v) is 3.72. The van der Waals surface area contributed by atoms with Gasteiger partial charge in [0.1, 0.15) is 17.4 Å². The van der Waals surface area contributed by atoms with Gasteiger partial charge in [-0.05, 0) is 17.3 Å². The van der Waals surface area contributed by atoms with E-state index in [2.05, 4.69) is 31.2 Å². The molecule has 0 bridgehead atoms. The monoisotopic (exact) mass is 463 g/mol. The summed E-state index contributed by atoms with van der Waals surface area (Å²) in [4.78, 5) is 43.2. The van der Waals surface area contributed by atoms with E-state index in [1.165, 1.54) is 35.9 Å². The van der Waals surface area contributed by atoms with Crippen molar-refractivity contribution < 1.29 is 28.6 Å². The molecule has 13 heteroatoms. The van der Waals surface area contributed by atoms with Crippen molar-refractivity contribution >= 4 is 34.1 Å². The van der Waals surface area contributed by atoms with Gasteiger partial charge in [-0.3, -0.25) is 14.2 Å². The molecule has 172 valence electrons. The molecule has 1 saturated heterocycles. The van der Waals surface area contributed by atoms with E-state index in [0.29, 0.717) is 16.7 Å². The van der Waals surface area contributed by atoms with Gasteiger partial charge in [0, 0.05) is 13.8 Å². The van der Waals surface area contributed by atoms with Gasteiger partial charge in [-0.25, -0.2) is 9.97 Å². The number of fused-ring (bicyclic) bond motifs is 2. The summed E-state index contributed by atoms with van der Waals surface area (Å²) < 4.78 is 18.1. The van der Waals surface area contributed by atoms with Crippen molar-refractivity contribution in [3.8, 4) is 18.2 Å². The highest BCUT2D eigenvalue weighted by molar-refractivity contribution is 5.77. The number of imidazole rings is 1. The third-order valence-electron chi connectivity index (χ3n) is 5.05. The van der Waals surface area contributed by atoms with Crippen LogP contribution in [0.1, 0.15) is 20.1 Å². The van der Waals surface area contributed by atoms with Crippen LogP contribution in [0.25, 0.3) is 22.2 Å². The molecule has 1 aliphatic heterocycles. The van der Waals surface area contributed by atoms with E-state index in [0.717, 1.165) is 0 Å². The normalized spacial score (nSPS) is 21.9. The Kier molecular flexibility index (Phi) is 5.27. The van der Waals surface area contributed by atoms with E-state index in [1.54, 1.807) is 12.1 Å². The van der Waals surface area contributed by atoms with Crippen LogP contribution in [0.15, 0.2) is 36.9 Å². The van der Waals surface area contributed by atoms with Crippen molar-refractivity contribution in [3.63, 3.8) is 0 Å². The highest BCUT2D eigenvalue weighted by atomic mass is 16.7. The lowest BCUT2D eigenvalue weighted by Gasteiger charge is -2.23. The molecule has 3 aromatic heterocycles. The molecule has 34 heavy (non-hydrogen) atoms. The minimum absolute atomic E-state index is 0.103. The van der Waals surface area contributed by atoms with Crippen LogP contribution >= 0.6 is 0 Å². The smallest absolute Gasteiger partial charge is 0.303 e. The summed E-state index contributed by atoms with van der Waals surface area (Å²) in [5.41, 5.74) is 1.85. The van der Waals surface area contributed by atoms with Crippen LogP contribution in [0, 0.1) is 12.3 Å². The first-order valence-corrected chi connectivity index (χ1v) is 10.1. The molecule has 0 saturated carbocycles. The first-order chi connectivity index (χ1) is 16.5. The number of carbonyl (C=O) groups excluding carboxylic acids is 2. The van der Waals surface area contributed by atoms with Gasteiger partial charge in [0.15, 0.2) is 35.7 Å². The van der Waals surface area contributed by atoms with Crippen molar-refractivity contribution in [1.82, 2.24) is 34.7 Å². The fraction of sp³-hybridized carbons (Fsp3) is 0.286. The summed E-state index contributed by atoms with van der Waals surface area (Å²) in [6, 6.07) is 7.24. The number of ether oxygens (including phenoxy) is 3. The highest BCUT2D eigenvalue weighted by Crippen LogP contribution is 2.36. The first kappa shape index (κ1) is 21.3. The zero-order valence-corrected chi connectivity index (χ0v) is 17.9. The van der Waals surface area contributed by atoms with Gasteiger partial charge < -0.3 is 19.0 Å². The van der Waals surface area contributed by atoms with Crippen LogP contribution in [0.2, 0.25) is 0 Å². The molecule has 0 spiro atoms. The predicted octanol–water partition coefficient (Wildman–Crippen LogP) is 0.807. The molecule has 0 aliphatic carbocycles. The number of para-hydroxylation sites is 1. The van der Waals surface area contributed by atoms with Crippen molar-refractivity contribution in [1.29, 1.82) is 0 Å². The van der Waals surface area contributed by atoms with Crippen molar-refractivity contribution in [2.75, 3.05) is 0 Å². The summed E-state index contributed by atoms with van der Waals surface area (Å²) in [6.45, 7) is 2.46. The van der Waals surface area contributed by atoms with Crippen LogP contribution in [0.4, 0.5) is 0 Å². The van der Waals surface area contributed by atoms with Gasteiger partial charge in [-0.15, -0.1) is 11.5 Å². The molecule has 4 atom stereocenters. The number of benzene rings is 1. The number of hydrogen-bond acceptors (Lipinski definition) is 11. The van der Waals surface area contributed by atoms with Gasteiger partial charge in [0.05, 0.1) is 6.33 Å². The molecule has 13 nitrogen and oxygen atoms in total. The Balaban J connectivity index is 1.53. The van der Waals surface area contributed by atoms with Gasteiger partial charge in [-0.1, -0.05) is 22.9 Å². The molecule has 1 fully saturated rings. The average molecular weight is 463 g/mol. The number of aromatic nitrogens is 7. The van der Waals surface area contributed by atoms with E-state index < -0.39 is 36.5 Å². The van der Waals surface area contributed by atoms with Crippen molar-refractivity contribution in [2.45, 2.75) is 38.4 Å². The lowest BCUT2D eigenvalue weighted by molar-refractivity contribution is -0.165. The number of carbonyl (C=O) groups is 2. The molecule has 4 aromatic rings. The minimum Gasteiger partial charge on any atom is -0.455 e. The van der Waals surface area contributed by atoms with Gasteiger partial charge in [0.25, 0.3) is 5.88 Å². The Morgan fingerprint density at radius 2 is 1.85 bits per heavy atom. The maximum absolute atomic E-state index is 11.8. The van der Waals surface area contributed by atoms with E-state index in [1.807, 2.05) is 12.1 Å². The number of rotatable bonds is 5. The quantitative estimate of drug-likeness (QED) is 0.306. The van der Waals surface area contributed by atoms with E-state index >= 15 is 0 Å². The van der Waals surface area contributed by atoms with Gasteiger partial charge >= 0.3 is 11.9 Å². The maximum atomic E-state index is 11.8. The van der Waals surface area contributed by atoms with Crippen LogP contribution in [-0.2, 0) is 23.8 Å². The standard InChI is InChI=1S/C21H17N7O6/c1-4-15-17(31-11(2)29)18(32-12(3)30)21(33-15)27-10-24-16-19(27)22-9-23-20(16)34-28-14-8-6-5-7-13(14)25-26-28/h1,5-10,15,17-18,21H,2-3H3. The Morgan fingerprint density at radius 3 is 2.62 bits per heavy atom. The number of terminal acetylenes is 1. The SMILES string of the molecule is C#CC1OC(n2cnc3c(On4nnc5ccccc54)ncnc32)C(OC(C)=O)C1OC(C)=O. The average Bonchev–Trinajstić information content (AvgIpc) is 3.50. The fourth-order valence-electron chi connectivity index (χ4n) is 3.72. The zero-order chi connectivity index (χ0) is 23.8. The van der Waals surface area contributed by atoms with E-state index in [-0.39, 0.29) is 11.4 Å². The van der Waals surface area contributed by atoms with Crippen LogP contribution in [0.5, 0.6) is 5.88 Å². The predicted molar refractivity (Wildman–Crippen MR) is 113 cm³/mol. The number of nitrogens with zero attached hydrogens (tertiary/aromatic N) is 7. The van der Waals surface area contributed by atoms with Crippen LogP contribution < -0.4 is 4.84 Å². The first-order valence-electron chi connectivity index (χ1n) is 10.1. The van der Waals surface area contributed by atoms with E-state index in [4.69, 9.17) is 25.5 Å². The summed E-state index contributed by atoms with van der Waals surface area (Å²) in [5.74, 6) is 1.32. The summed E-state index contributed by atoms with van der Waals surface area (Å²) in [7, 11) is 0. The Labute approximate surface area is 191 Å². The highest BCUT2D eigenvalue weighted by Gasteiger charge is 2.50. The molecule has 1 aliphatic rings. The second-order valence-electron chi connectivity index (χ2n) is 7.31. The largest absolute Gasteiger partial charge is 0.455 e. The Morgan fingerprint density at radius 1 is 1.09 bits per heavy atom. The number of esters is 2. The maximum Gasteiger partial charge on any atom is 0.303 e. The third-order valence-corrected chi connectivity index (χ3v) is 5.05. The molecule has 4 unspecified atom stereocenters. The second-order valence-corrected chi connectivity index (χ2v) is 7.31. The van der Waals surface area contributed by atoms with Crippen molar-refractivity contribution in [3.05, 3.63) is 36.9 Å². The third kappa shape index (κ3) is 3.65.